The van der Waals surface area contributed by atoms with Crippen molar-refractivity contribution in [3.8, 4) is 0 Å². The highest BCUT2D eigenvalue weighted by atomic mass is 79.9. The Morgan fingerprint density at radius 1 is 1.33 bits per heavy atom. The molecule has 0 saturated carbocycles. The summed E-state index contributed by atoms with van der Waals surface area (Å²) in [5.41, 5.74) is 1.73. The fourth-order valence-corrected chi connectivity index (χ4v) is 4.64. The third kappa shape index (κ3) is 5.19. The molecule has 1 aromatic carbocycles. The molecule has 1 saturated heterocycles. The van der Waals surface area contributed by atoms with Gasteiger partial charge in [-0.2, -0.15) is 0 Å². The first-order valence-corrected chi connectivity index (χ1v) is 10.5. The molecule has 8 heteroatoms. The van der Waals surface area contributed by atoms with Crippen LogP contribution in [0.2, 0.25) is 0 Å². The van der Waals surface area contributed by atoms with Gasteiger partial charge < -0.3 is 10.6 Å². The van der Waals surface area contributed by atoms with E-state index in [4.69, 9.17) is 0 Å². The van der Waals surface area contributed by atoms with Gasteiger partial charge in [-0.3, -0.25) is 0 Å². The zero-order valence-corrected chi connectivity index (χ0v) is 16.4. The summed E-state index contributed by atoms with van der Waals surface area (Å²) in [5.74, 6) is 0.188. The van der Waals surface area contributed by atoms with Crippen molar-refractivity contribution in [1.29, 1.82) is 0 Å². The second-order valence-electron chi connectivity index (χ2n) is 6.05. The number of nitrogens with one attached hydrogen (secondary N) is 2. The molecule has 1 aromatic rings. The zero-order chi connectivity index (χ0) is 17.7. The van der Waals surface area contributed by atoms with Crippen molar-refractivity contribution in [1.82, 2.24) is 9.62 Å². The van der Waals surface area contributed by atoms with Gasteiger partial charge >= 0.3 is 6.03 Å². The van der Waals surface area contributed by atoms with Crippen LogP contribution in [-0.2, 0) is 10.0 Å². The molecule has 0 unspecified atom stereocenters. The Hall–Kier alpha value is -1.12. The number of hydrogen-bond donors (Lipinski definition) is 2. The second-order valence-corrected chi connectivity index (χ2v) is 9.05. The van der Waals surface area contributed by atoms with Gasteiger partial charge in [-0.15, -0.1) is 0 Å². The van der Waals surface area contributed by atoms with Crippen LogP contribution in [0.1, 0.15) is 31.7 Å². The van der Waals surface area contributed by atoms with E-state index in [1.54, 1.807) is 0 Å². The standard InChI is InChI=1S/C16H24BrN3O3S/c1-3-10-24(22,23)20-8-6-14(7-9-20)18-16(21)19-15-11-13(17)5-4-12(15)2/h4-5,11,14H,3,6-10H2,1-2H3,(H2,18,19,21). The summed E-state index contributed by atoms with van der Waals surface area (Å²) in [6, 6.07) is 5.44. The van der Waals surface area contributed by atoms with E-state index in [0.29, 0.717) is 32.4 Å². The van der Waals surface area contributed by atoms with Crippen molar-refractivity contribution in [3.05, 3.63) is 28.2 Å². The maximum Gasteiger partial charge on any atom is 0.319 e. The van der Waals surface area contributed by atoms with Crippen LogP contribution in [0.5, 0.6) is 0 Å². The van der Waals surface area contributed by atoms with Crippen LogP contribution in [0, 0.1) is 6.92 Å². The summed E-state index contributed by atoms with van der Waals surface area (Å²) in [6.45, 7) is 4.71. The molecule has 1 aliphatic rings. The molecule has 0 bridgehead atoms. The number of piperidine rings is 1. The fourth-order valence-electron chi connectivity index (χ4n) is 2.74. The van der Waals surface area contributed by atoms with E-state index in [9.17, 15) is 13.2 Å². The number of halogens is 1. The largest absolute Gasteiger partial charge is 0.335 e. The molecule has 0 aromatic heterocycles. The monoisotopic (exact) mass is 417 g/mol. The van der Waals surface area contributed by atoms with Crippen LogP contribution >= 0.6 is 15.9 Å². The number of nitrogens with zero attached hydrogens (tertiary/aromatic N) is 1. The van der Waals surface area contributed by atoms with E-state index < -0.39 is 10.0 Å². The lowest BCUT2D eigenvalue weighted by atomic mass is 10.1. The average Bonchev–Trinajstić information content (AvgIpc) is 2.51. The molecule has 24 heavy (non-hydrogen) atoms. The average molecular weight is 418 g/mol. The summed E-state index contributed by atoms with van der Waals surface area (Å²) in [7, 11) is -3.14. The zero-order valence-electron chi connectivity index (χ0n) is 14.0. The van der Waals surface area contributed by atoms with Crippen LogP contribution in [0.3, 0.4) is 0 Å². The molecule has 1 heterocycles. The molecule has 6 nitrogen and oxygen atoms in total. The van der Waals surface area contributed by atoms with E-state index in [-0.39, 0.29) is 17.8 Å². The van der Waals surface area contributed by atoms with Gasteiger partial charge in [-0.05, 0) is 43.9 Å². The van der Waals surface area contributed by atoms with Crippen LogP contribution in [0.25, 0.3) is 0 Å². The smallest absolute Gasteiger partial charge is 0.319 e. The summed E-state index contributed by atoms with van der Waals surface area (Å²) in [5, 5.41) is 5.78. The minimum Gasteiger partial charge on any atom is -0.335 e. The summed E-state index contributed by atoms with van der Waals surface area (Å²) in [4.78, 5) is 12.2. The number of urea groups is 1. The number of carbonyl (C=O) groups excluding carboxylic acids is 1. The third-order valence-electron chi connectivity index (χ3n) is 4.09. The van der Waals surface area contributed by atoms with Crippen LogP contribution in [0.4, 0.5) is 10.5 Å². The number of sulfonamides is 1. The van der Waals surface area contributed by atoms with Crippen molar-refractivity contribution in [2.45, 2.75) is 39.2 Å². The Kier molecular flexibility index (Phi) is 6.65. The molecule has 2 amide bonds. The van der Waals surface area contributed by atoms with Crippen molar-refractivity contribution >= 4 is 37.7 Å². The normalized spacial score (nSPS) is 16.8. The lowest BCUT2D eigenvalue weighted by Gasteiger charge is -2.31. The first kappa shape index (κ1) is 19.2. The number of aryl methyl sites for hydroxylation is 1. The van der Waals surface area contributed by atoms with Crippen LogP contribution in [-0.4, -0.2) is 43.6 Å². The number of anilines is 1. The topological polar surface area (TPSA) is 78.5 Å². The van der Waals surface area contributed by atoms with Gasteiger partial charge in [0.15, 0.2) is 0 Å². The quantitative estimate of drug-likeness (QED) is 0.772. The summed E-state index contributed by atoms with van der Waals surface area (Å²) >= 11 is 3.39. The Morgan fingerprint density at radius 3 is 2.62 bits per heavy atom. The van der Waals surface area contributed by atoms with E-state index in [2.05, 4.69) is 26.6 Å². The first-order valence-electron chi connectivity index (χ1n) is 8.13. The molecule has 2 rings (SSSR count). The molecule has 134 valence electrons. The van der Waals surface area contributed by atoms with Crippen molar-refractivity contribution < 1.29 is 13.2 Å². The third-order valence-corrected chi connectivity index (χ3v) is 6.66. The van der Waals surface area contributed by atoms with Crippen LogP contribution in [0.15, 0.2) is 22.7 Å². The van der Waals surface area contributed by atoms with E-state index >= 15 is 0 Å². The Balaban J connectivity index is 1.85. The highest BCUT2D eigenvalue weighted by Gasteiger charge is 2.27. The predicted molar refractivity (Wildman–Crippen MR) is 99.7 cm³/mol. The van der Waals surface area contributed by atoms with Crippen LogP contribution < -0.4 is 10.6 Å². The molecule has 0 radical (unpaired) electrons. The lowest BCUT2D eigenvalue weighted by molar-refractivity contribution is 0.238. The summed E-state index contributed by atoms with van der Waals surface area (Å²) in [6.07, 6.45) is 1.89. The molecule has 2 N–H and O–H groups in total. The second kappa shape index (κ2) is 8.31. The highest BCUT2D eigenvalue weighted by Crippen LogP contribution is 2.21. The SMILES string of the molecule is CCCS(=O)(=O)N1CCC(NC(=O)Nc2cc(Br)ccc2C)CC1. The maximum absolute atomic E-state index is 12.2. The Morgan fingerprint density at radius 2 is 2.00 bits per heavy atom. The molecular formula is C16H24BrN3O3S. The number of benzene rings is 1. The van der Waals surface area contributed by atoms with Crippen molar-refractivity contribution in [2.24, 2.45) is 0 Å². The predicted octanol–water partition coefficient (Wildman–Crippen LogP) is 3.08. The fraction of sp³-hybridized carbons (Fsp3) is 0.562. The molecule has 1 aliphatic heterocycles. The number of hydrogen-bond acceptors (Lipinski definition) is 3. The summed E-state index contributed by atoms with van der Waals surface area (Å²) < 4.78 is 26.5. The highest BCUT2D eigenvalue weighted by molar-refractivity contribution is 9.10. The van der Waals surface area contributed by atoms with Gasteiger partial charge in [-0.25, -0.2) is 17.5 Å². The van der Waals surface area contributed by atoms with Crippen molar-refractivity contribution in [2.75, 3.05) is 24.2 Å². The molecular weight excluding hydrogens is 394 g/mol. The Labute approximate surface area is 152 Å². The molecule has 0 spiro atoms. The van der Waals surface area contributed by atoms with Gasteiger partial charge in [0.05, 0.1) is 5.75 Å². The number of carbonyl (C=O) groups is 1. The maximum atomic E-state index is 12.2. The van der Waals surface area contributed by atoms with Crippen molar-refractivity contribution in [3.63, 3.8) is 0 Å². The minimum atomic E-state index is -3.14. The molecule has 0 aliphatic carbocycles. The van der Waals surface area contributed by atoms with E-state index in [1.807, 2.05) is 32.0 Å². The van der Waals surface area contributed by atoms with Gasteiger partial charge in [-0.1, -0.05) is 28.9 Å². The Bertz CT molecular complexity index is 686. The lowest BCUT2D eigenvalue weighted by Crippen LogP contribution is -2.48. The first-order chi connectivity index (χ1) is 11.3. The van der Waals surface area contributed by atoms with Gasteiger partial charge in [0.25, 0.3) is 0 Å². The van der Waals surface area contributed by atoms with E-state index in [0.717, 1.165) is 15.7 Å². The number of rotatable bonds is 5. The van der Waals surface area contributed by atoms with E-state index in [1.165, 1.54) is 4.31 Å². The number of amides is 2. The minimum absolute atomic E-state index is 0.00876. The van der Waals surface area contributed by atoms with Gasteiger partial charge in [0.2, 0.25) is 10.0 Å². The van der Waals surface area contributed by atoms with Gasteiger partial charge in [0.1, 0.15) is 0 Å². The van der Waals surface area contributed by atoms with Gasteiger partial charge in [0, 0.05) is 29.3 Å². The molecule has 1 fully saturated rings. The molecule has 0 atom stereocenters.